The Bertz CT molecular complexity index is 1350. The Hall–Kier alpha value is -2.20. The molecule has 356 valence electrons. The van der Waals surface area contributed by atoms with Gasteiger partial charge < -0.3 is 5.40 Å². The third-order valence-corrected chi connectivity index (χ3v) is 12.2. The van der Waals surface area contributed by atoms with Crippen LogP contribution in [0.15, 0.2) is 0 Å². The van der Waals surface area contributed by atoms with Crippen molar-refractivity contribution in [3.8, 4) is 0 Å². The lowest BCUT2D eigenvalue weighted by Gasteiger charge is -2.43. The summed E-state index contributed by atoms with van der Waals surface area (Å²) in [5.41, 5.74) is 0. The maximum absolute atomic E-state index is 14.4. The molecule has 0 heterocycles. The molecule has 36 heteroatoms. The smallest absolute Gasteiger partial charge is 0.351 e. The first-order valence-corrected chi connectivity index (χ1v) is 16.9. The van der Waals surface area contributed by atoms with Gasteiger partial charge in [-0.05, 0) is 18.1 Å². The lowest BCUT2D eigenvalue weighted by molar-refractivity contribution is -0.461. The van der Waals surface area contributed by atoms with Gasteiger partial charge in [0.1, 0.15) is 8.24 Å². The molecule has 0 saturated carbocycles. The van der Waals surface area contributed by atoms with E-state index in [0.29, 0.717) is 6.92 Å². The first kappa shape index (κ1) is 56.8. The van der Waals surface area contributed by atoms with E-state index in [-0.39, 0.29) is 0 Å². The first-order valence-electron chi connectivity index (χ1n) is 14.2. The highest BCUT2D eigenvalue weighted by atomic mass is 28.3. The van der Waals surface area contributed by atoms with Crippen molar-refractivity contribution in [1.82, 2.24) is 0 Å². The number of rotatable bonds is 20. The van der Waals surface area contributed by atoms with Gasteiger partial charge in [0.2, 0.25) is 0 Å². The van der Waals surface area contributed by atoms with E-state index in [4.69, 9.17) is 5.40 Å². The van der Waals surface area contributed by atoms with Crippen LogP contribution in [-0.4, -0.2) is 104 Å². The highest BCUT2D eigenvalue weighted by Crippen LogP contribution is 2.66. The van der Waals surface area contributed by atoms with Gasteiger partial charge in [0, 0.05) is 12.8 Å². The van der Waals surface area contributed by atoms with Crippen LogP contribution in [0.2, 0.25) is 18.1 Å². The summed E-state index contributed by atoms with van der Waals surface area (Å²) < 4.78 is 458. The van der Waals surface area contributed by atoms with Gasteiger partial charge in [-0.15, -0.1) is 0 Å². The predicted molar refractivity (Wildman–Crippen MR) is 125 cm³/mol. The first-order chi connectivity index (χ1) is 25.0. The van der Waals surface area contributed by atoms with Crippen LogP contribution in [0.4, 0.5) is 149 Å². The second kappa shape index (κ2) is 15.0. The lowest BCUT2D eigenvalue weighted by atomic mass is 9.88. The van der Waals surface area contributed by atoms with Crippen molar-refractivity contribution < 1.29 is 149 Å². The van der Waals surface area contributed by atoms with Gasteiger partial charge in [-0.3, -0.25) is 0 Å². The summed E-state index contributed by atoms with van der Waals surface area (Å²) in [5.74, 6) is -120. The van der Waals surface area contributed by atoms with Gasteiger partial charge in [-0.1, -0.05) is 13.3 Å². The summed E-state index contributed by atoms with van der Waals surface area (Å²) in [5, 5.41) is 5.22. The molecule has 0 aromatic heterocycles. The van der Waals surface area contributed by atoms with Crippen LogP contribution < -0.4 is 5.40 Å². The van der Waals surface area contributed by atoms with Crippen molar-refractivity contribution in [3.05, 3.63) is 0 Å². The van der Waals surface area contributed by atoms with Crippen LogP contribution in [0, 0.1) is 0 Å². The number of hydrogen-bond donors (Lipinski definition) is 1. The highest BCUT2D eigenvalue weighted by molar-refractivity contribution is 6.76. The maximum Gasteiger partial charge on any atom is 0.460 e. The molecule has 2 N–H and O–H groups in total. The van der Waals surface area contributed by atoms with Crippen LogP contribution in [0.3, 0.4) is 0 Å². The molecule has 59 heavy (non-hydrogen) atoms. The molecular formula is C23H17F34NSi. The number of hydrogen-bond acceptors (Lipinski definition) is 1. The minimum atomic E-state index is -9.10. The fourth-order valence-electron chi connectivity index (χ4n) is 4.39. The van der Waals surface area contributed by atoms with Crippen LogP contribution in [0.25, 0.3) is 0 Å². The Morgan fingerprint density at radius 2 is 0.441 bits per heavy atom. The Morgan fingerprint density at radius 1 is 0.271 bits per heavy atom. The molecule has 0 aromatic carbocycles. The van der Waals surface area contributed by atoms with E-state index in [2.05, 4.69) is 0 Å². The van der Waals surface area contributed by atoms with Crippen LogP contribution in [0.5, 0.6) is 0 Å². The molecule has 0 fully saturated rings. The number of nitrogens with two attached hydrogens (primary N) is 1. The summed E-state index contributed by atoms with van der Waals surface area (Å²) in [7, 11) is -5.54. The van der Waals surface area contributed by atoms with Gasteiger partial charge in [0.05, 0.1) is 0 Å². The Morgan fingerprint density at radius 3 is 0.610 bits per heavy atom. The normalized spacial score (nSPS) is 16.9. The second-order valence-corrected chi connectivity index (χ2v) is 16.6. The molecule has 0 bridgehead atoms. The van der Waals surface area contributed by atoms with Gasteiger partial charge in [-0.25, -0.2) is 0 Å². The van der Waals surface area contributed by atoms with Crippen molar-refractivity contribution in [1.29, 1.82) is 0 Å². The minimum absolute atomic E-state index is 0.676. The fraction of sp³-hybridized carbons (Fsp3) is 1.00. The summed E-state index contributed by atoms with van der Waals surface area (Å²) in [6.45, 7) is 0.676. The van der Waals surface area contributed by atoms with E-state index in [1.54, 1.807) is 0 Å². The van der Waals surface area contributed by atoms with Gasteiger partial charge in [0.25, 0.3) is 0 Å². The van der Waals surface area contributed by atoms with Crippen molar-refractivity contribution in [2.75, 3.05) is 0 Å². The summed E-state index contributed by atoms with van der Waals surface area (Å²) in [6.07, 6.45) is -24.1. The molecule has 0 aromatic rings. The Labute approximate surface area is 303 Å². The third kappa shape index (κ3) is 8.03. The molecule has 0 atom stereocenters. The molecule has 1 nitrogen and oxygen atoms in total. The zero-order valence-electron chi connectivity index (χ0n) is 27.2. The molecule has 0 aliphatic heterocycles. The fourth-order valence-corrected chi connectivity index (χ4v) is 7.76. The zero-order valence-corrected chi connectivity index (χ0v) is 28.2. The second-order valence-electron chi connectivity index (χ2n) is 12.4. The standard InChI is InChI=1S/C23H17F34NSi/c1-2-5-59(58,6-3-8(24,25)10(28,29)12(32,33)14(36,37)16(40,41)18(44,45)20(48,49)22(52,53)54)7-4-9(26,27)11(30,31)13(34,35)15(38,39)17(42,43)19(46,47)21(50,51)23(55,56)57/h2-7,58H2,1H3. The maximum atomic E-state index is 14.4. The molecule has 0 aliphatic rings. The van der Waals surface area contributed by atoms with E-state index in [1.807, 2.05) is 0 Å². The molecule has 0 rings (SSSR count). The predicted octanol–water partition coefficient (Wildman–Crippen LogP) is 13.1. The molecule has 0 saturated heterocycles. The minimum Gasteiger partial charge on any atom is -0.351 e. The molecule has 0 unspecified atom stereocenters. The van der Waals surface area contributed by atoms with Crippen LogP contribution in [-0.2, 0) is 0 Å². The highest BCUT2D eigenvalue weighted by Gasteiger charge is 2.97. The van der Waals surface area contributed by atoms with E-state index < -0.39 is 141 Å². The van der Waals surface area contributed by atoms with Crippen LogP contribution in [0.1, 0.15) is 26.2 Å². The lowest BCUT2D eigenvalue weighted by Crippen LogP contribution is -2.74. The Balaban J connectivity index is 6.91. The molecule has 0 aliphatic carbocycles. The van der Waals surface area contributed by atoms with Crippen LogP contribution >= 0.6 is 0 Å². The van der Waals surface area contributed by atoms with E-state index in [9.17, 15) is 149 Å². The van der Waals surface area contributed by atoms with Crippen molar-refractivity contribution in [2.45, 2.75) is 140 Å². The van der Waals surface area contributed by atoms with Crippen molar-refractivity contribution in [3.63, 3.8) is 0 Å². The molecule has 0 amide bonds. The molecule has 0 radical (unpaired) electrons. The quantitative estimate of drug-likeness (QED) is 0.0955. The van der Waals surface area contributed by atoms with Crippen molar-refractivity contribution >= 4 is 8.24 Å². The van der Waals surface area contributed by atoms with E-state index in [1.165, 1.54) is 0 Å². The van der Waals surface area contributed by atoms with Crippen molar-refractivity contribution in [2.24, 2.45) is 5.40 Å². The van der Waals surface area contributed by atoms with E-state index >= 15 is 0 Å². The largest absolute Gasteiger partial charge is 0.460 e. The number of halogens is 34. The summed E-state index contributed by atoms with van der Waals surface area (Å²) >= 11 is 0. The van der Waals surface area contributed by atoms with Gasteiger partial charge in [0.15, 0.2) is 0 Å². The average molecular weight is 981 g/mol. The van der Waals surface area contributed by atoms with E-state index in [0.717, 1.165) is 0 Å². The van der Waals surface area contributed by atoms with Gasteiger partial charge >= 0.3 is 95.3 Å². The zero-order chi connectivity index (χ0) is 48.7. The molecular weight excluding hydrogens is 964 g/mol. The summed E-state index contributed by atoms with van der Waals surface area (Å²) in [4.78, 5) is 0. The monoisotopic (exact) mass is 981 g/mol. The number of alkyl halides is 34. The third-order valence-electron chi connectivity index (χ3n) is 8.20. The summed E-state index contributed by atoms with van der Waals surface area (Å²) in [6, 6.07) is -6.49. The van der Waals surface area contributed by atoms with Gasteiger partial charge in [-0.2, -0.15) is 149 Å². The Kier molecular flexibility index (Phi) is 14.4. The molecule has 0 spiro atoms. The average Bonchev–Trinajstić information content (AvgIpc) is 3.00. The SMILES string of the molecule is CCC[Si](N)(CCC(F)(F)C(F)(F)C(F)(F)C(F)(F)C(F)(F)C(F)(F)C(F)(F)C(F)(F)F)CCC(F)(F)C(F)(F)C(F)(F)C(F)(F)C(F)(F)C(F)(F)C(F)(F)C(F)(F)F. The topological polar surface area (TPSA) is 26.0 Å².